The van der Waals surface area contributed by atoms with Gasteiger partial charge in [-0.3, -0.25) is 9.20 Å². The molecule has 0 N–H and O–H groups in total. The van der Waals surface area contributed by atoms with E-state index in [1.165, 1.54) is 0 Å². The number of hydrogen-bond donors (Lipinski definition) is 0. The van der Waals surface area contributed by atoms with E-state index in [4.69, 9.17) is 0 Å². The highest BCUT2D eigenvalue weighted by Crippen LogP contribution is 2.12. The van der Waals surface area contributed by atoms with E-state index in [-0.39, 0.29) is 5.56 Å². The summed E-state index contributed by atoms with van der Waals surface area (Å²) in [6, 6.07) is 7.41. The molecule has 78 valence electrons. The van der Waals surface area contributed by atoms with E-state index in [1.807, 2.05) is 29.5 Å². The molecule has 0 aliphatic carbocycles. The van der Waals surface area contributed by atoms with Gasteiger partial charge in [0.15, 0.2) is 0 Å². The van der Waals surface area contributed by atoms with Gasteiger partial charge in [0.2, 0.25) is 0 Å². The Morgan fingerprint density at radius 2 is 2.00 bits per heavy atom. The Kier molecular flexibility index (Phi) is 1.77. The molecule has 3 rings (SSSR count). The largest absolute Gasteiger partial charge is 0.297 e. The molecule has 4 nitrogen and oxygen atoms in total. The van der Waals surface area contributed by atoms with Crippen LogP contribution in [0.3, 0.4) is 0 Å². The summed E-state index contributed by atoms with van der Waals surface area (Å²) in [7, 11) is 0. The average Bonchev–Trinajstić information content (AvgIpc) is 2.74. The van der Waals surface area contributed by atoms with E-state index in [9.17, 15) is 4.79 Å². The second kappa shape index (κ2) is 3.13. The Morgan fingerprint density at radius 3 is 2.88 bits per heavy atom. The number of hydrogen-bond acceptors (Lipinski definition) is 3. The number of para-hydroxylation sites is 1. The first-order valence-electron chi connectivity index (χ1n) is 4.99. The molecule has 1 aromatic carbocycles. The molecule has 0 fully saturated rings. The smallest absolute Gasteiger partial charge is 0.279 e. The fourth-order valence-corrected chi connectivity index (χ4v) is 1.89. The molecule has 4 heteroatoms. The molecule has 16 heavy (non-hydrogen) atoms. The maximum absolute atomic E-state index is 11.9. The van der Waals surface area contributed by atoms with Crippen molar-refractivity contribution in [3.63, 3.8) is 0 Å². The minimum atomic E-state index is -0.197. The monoisotopic (exact) mass is 211 g/mol. The first-order chi connectivity index (χ1) is 7.77. The minimum absolute atomic E-state index is 0.197. The molecule has 0 aliphatic rings. The van der Waals surface area contributed by atoms with Crippen LogP contribution in [-0.4, -0.2) is 14.4 Å². The summed E-state index contributed by atoms with van der Waals surface area (Å²) in [5.74, 6) is 0. The molecule has 2 aromatic heterocycles. The summed E-state index contributed by atoms with van der Waals surface area (Å²) >= 11 is 0. The van der Waals surface area contributed by atoms with Crippen molar-refractivity contribution >= 4 is 16.4 Å². The molecule has 0 unspecified atom stereocenters. The summed E-state index contributed by atoms with van der Waals surface area (Å²) in [4.78, 5) is 20.0. The van der Waals surface area contributed by atoms with Gasteiger partial charge in [0, 0.05) is 0 Å². The number of aromatic nitrogens is 3. The van der Waals surface area contributed by atoms with Gasteiger partial charge in [-0.1, -0.05) is 12.1 Å². The molecule has 0 amide bonds. The van der Waals surface area contributed by atoms with Gasteiger partial charge in [-0.15, -0.1) is 0 Å². The molecule has 3 aromatic rings. The van der Waals surface area contributed by atoms with Gasteiger partial charge in [0.05, 0.1) is 34.6 Å². The first-order valence-corrected chi connectivity index (χ1v) is 4.99. The Hall–Kier alpha value is -2.23. The fraction of sp³-hybridized carbons (Fsp3) is 0.0833. The summed E-state index contributed by atoms with van der Waals surface area (Å²) in [5.41, 5.74) is 2.19. The van der Waals surface area contributed by atoms with Crippen LogP contribution in [0, 0.1) is 6.92 Å². The van der Waals surface area contributed by atoms with Crippen LogP contribution in [0.25, 0.3) is 16.4 Å². The van der Waals surface area contributed by atoms with Crippen LogP contribution >= 0.6 is 0 Å². The third-order valence-corrected chi connectivity index (χ3v) is 2.67. The summed E-state index contributed by atoms with van der Waals surface area (Å²) in [6.45, 7) is 1.82. The second-order valence-corrected chi connectivity index (χ2v) is 3.67. The van der Waals surface area contributed by atoms with Gasteiger partial charge in [-0.2, -0.15) is 0 Å². The molecule has 0 radical (unpaired) electrons. The number of aryl methyl sites for hydroxylation is 1. The Labute approximate surface area is 91.2 Å². The van der Waals surface area contributed by atoms with Crippen molar-refractivity contribution in [3.8, 4) is 0 Å². The minimum Gasteiger partial charge on any atom is -0.297 e. The standard InChI is InChI=1S/C12H9N3O/c1-8-11-6-13-7-15(11)10-5-3-2-4-9(10)12(16)14-8/h2-7H,1H3. The van der Waals surface area contributed by atoms with Crippen molar-refractivity contribution in [2.75, 3.05) is 0 Å². The Morgan fingerprint density at radius 1 is 1.19 bits per heavy atom. The van der Waals surface area contributed by atoms with Crippen molar-refractivity contribution in [1.29, 1.82) is 0 Å². The zero-order valence-electron chi connectivity index (χ0n) is 8.71. The average molecular weight is 211 g/mol. The summed E-state index contributed by atoms with van der Waals surface area (Å²) in [6.07, 6.45) is 3.42. The highest BCUT2D eigenvalue weighted by Gasteiger charge is 2.04. The molecular weight excluding hydrogens is 202 g/mol. The maximum Gasteiger partial charge on any atom is 0.279 e. The van der Waals surface area contributed by atoms with E-state index in [1.54, 1.807) is 18.6 Å². The normalized spacial score (nSPS) is 11.1. The lowest BCUT2D eigenvalue weighted by atomic mass is 10.2. The third-order valence-electron chi connectivity index (χ3n) is 2.67. The lowest BCUT2D eigenvalue weighted by molar-refractivity contribution is 1.17. The molecule has 0 atom stereocenters. The lowest BCUT2D eigenvalue weighted by Gasteiger charge is -1.93. The zero-order valence-corrected chi connectivity index (χ0v) is 8.71. The SMILES string of the molecule is Cc1nc(=O)c2ccccc2n2cncc12. The molecule has 0 spiro atoms. The van der Waals surface area contributed by atoms with E-state index in [0.29, 0.717) is 11.1 Å². The van der Waals surface area contributed by atoms with Crippen molar-refractivity contribution in [3.05, 3.63) is 52.8 Å². The number of nitrogens with zero attached hydrogens (tertiary/aromatic N) is 3. The van der Waals surface area contributed by atoms with Crippen molar-refractivity contribution in [2.45, 2.75) is 6.92 Å². The van der Waals surface area contributed by atoms with Gasteiger partial charge in [0.1, 0.15) is 0 Å². The maximum atomic E-state index is 11.9. The van der Waals surface area contributed by atoms with Crippen LogP contribution in [0.1, 0.15) is 5.69 Å². The number of imidazole rings is 1. The molecule has 0 bridgehead atoms. The van der Waals surface area contributed by atoms with E-state index in [2.05, 4.69) is 9.97 Å². The summed E-state index contributed by atoms with van der Waals surface area (Å²) < 4.78 is 1.89. The van der Waals surface area contributed by atoms with E-state index < -0.39 is 0 Å². The topological polar surface area (TPSA) is 47.3 Å². The predicted octanol–water partition coefficient (Wildman–Crippen LogP) is 1.55. The van der Waals surface area contributed by atoms with Crippen molar-refractivity contribution in [2.24, 2.45) is 0 Å². The van der Waals surface area contributed by atoms with Gasteiger partial charge in [-0.25, -0.2) is 9.97 Å². The highest BCUT2D eigenvalue weighted by molar-refractivity contribution is 5.80. The Balaban J connectivity index is 2.78. The second-order valence-electron chi connectivity index (χ2n) is 3.67. The third kappa shape index (κ3) is 1.13. The lowest BCUT2D eigenvalue weighted by Crippen LogP contribution is -2.02. The van der Waals surface area contributed by atoms with Crippen LogP contribution in [0.5, 0.6) is 0 Å². The van der Waals surface area contributed by atoms with Crippen LogP contribution in [0.4, 0.5) is 0 Å². The van der Waals surface area contributed by atoms with Crippen molar-refractivity contribution < 1.29 is 0 Å². The zero-order chi connectivity index (χ0) is 11.1. The number of rotatable bonds is 0. The number of benzene rings is 1. The highest BCUT2D eigenvalue weighted by atomic mass is 16.1. The van der Waals surface area contributed by atoms with Gasteiger partial charge in [-0.05, 0) is 19.1 Å². The van der Waals surface area contributed by atoms with Gasteiger partial charge < -0.3 is 0 Å². The molecule has 0 saturated carbocycles. The predicted molar refractivity (Wildman–Crippen MR) is 61.5 cm³/mol. The Bertz CT molecular complexity index is 746. The van der Waals surface area contributed by atoms with Crippen molar-refractivity contribution in [1.82, 2.24) is 14.4 Å². The quantitative estimate of drug-likeness (QED) is 0.566. The van der Waals surface area contributed by atoms with Gasteiger partial charge >= 0.3 is 0 Å². The summed E-state index contributed by atoms with van der Waals surface area (Å²) in [5, 5.41) is 0.610. The van der Waals surface area contributed by atoms with Crippen LogP contribution in [-0.2, 0) is 0 Å². The molecule has 2 heterocycles. The number of fused-ring (bicyclic) bond motifs is 3. The van der Waals surface area contributed by atoms with Gasteiger partial charge in [0.25, 0.3) is 5.56 Å². The van der Waals surface area contributed by atoms with E-state index >= 15 is 0 Å². The fourth-order valence-electron chi connectivity index (χ4n) is 1.89. The van der Waals surface area contributed by atoms with Crippen LogP contribution in [0.2, 0.25) is 0 Å². The molecular formula is C12H9N3O. The van der Waals surface area contributed by atoms with E-state index in [0.717, 1.165) is 11.0 Å². The first kappa shape index (κ1) is 9.03. The molecule has 0 saturated heterocycles. The van der Waals surface area contributed by atoms with Crippen LogP contribution < -0.4 is 5.56 Å². The van der Waals surface area contributed by atoms with Crippen LogP contribution in [0.15, 0.2) is 41.6 Å². The molecule has 0 aliphatic heterocycles.